The van der Waals surface area contributed by atoms with E-state index < -0.39 is 0 Å². The normalized spacial score (nSPS) is 18.6. The minimum atomic E-state index is -0.239. The van der Waals surface area contributed by atoms with E-state index in [2.05, 4.69) is 10.1 Å². The number of amidine groups is 1. The van der Waals surface area contributed by atoms with Crippen LogP contribution in [0.2, 0.25) is 5.02 Å². The minimum Gasteiger partial charge on any atom is -0.341 e. The molecule has 0 aliphatic carbocycles. The van der Waals surface area contributed by atoms with Gasteiger partial charge in [-0.2, -0.15) is 5.10 Å². The molecule has 3 amide bonds. The maximum absolute atomic E-state index is 13.4. The first kappa shape index (κ1) is 18.2. The molecule has 0 spiro atoms. The lowest BCUT2D eigenvalue weighted by molar-refractivity contribution is -0.128. The zero-order valence-electron chi connectivity index (χ0n) is 15.9. The standard InChI is InChI=1S/C20H21ClN6O2/c21-15-6-1-2-7-16(15)27-19-14(12-23-27)18-22-8-5-11-25(18)20(29)26(19)13-17(28)24-9-3-4-10-24/h1-2,6-7,12H,3-5,8-11,13H2. The number of halogens is 1. The molecule has 0 N–H and O–H groups in total. The lowest BCUT2D eigenvalue weighted by Crippen LogP contribution is -2.55. The highest BCUT2D eigenvalue weighted by Crippen LogP contribution is 2.34. The van der Waals surface area contributed by atoms with Gasteiger partial charge in [0.15, 0.2) is 5.82 Å². The molecule has 0 saturated carbocycles. The number of hydrogen-bond donors (Lipinski definition) is 0. The van der Waals surface area contributed by atoms with Crippen molar-refractivity contribution in [3.05, 3.63) is 41.0 Å². The van der Waals surface area contributed by atoms with Gasteiger partial charge in [0.1, 0.15) is 12.4 Å². The summed E-state index contributed by atoms with van der Waals surface area (Å²) in [6.45, 7) is 2.72. The second-order valence-electron chi connectivity index (χ2n) is 7.41. The van der Waals surface area contributed by atoms with Gasteiger partial charge in [-0.15, -0.1) is 0 Å². The third kappa shape index (κ3) is 2.98. The summed E-state index contributed by atoms with van der Waals surface area (Å²) < 4.78 is 1.64. The van der Waals surface area contributed by atoms with E-state index >= 15 is 0 Å². The highest BCUT2D eigenvalue weighted by Gasteiger charge is 2.41. The molecule has 1 aromatic heterocycles. The summed E-state index contributed by atoms with van der Waals surface area (Å²) in [6.07, 6.45) is 4.52. The Bertz CT molecular complexity index is 1010. The van der Waals surface area contributed by atoms with E-state index in [1.54, 1.807) is 21.8 Å². The fourth-order valence-corrected chi connectivity index (χ4v) is 4.38. The number of likely N-dealkylation sites (tertiary alicyclic amines) is 1. The first-order valence-corrected chi connectivity index (χ1v) is 10.3. The average molecular weight is 413 g/mol. The van der Waals surface area contributed by atoms with Gasteiger partial charge in [0.05, 0.1) is 22.5 Å². The topological polar surface area (TPSA) is 74.0 Å². The number of aliphatic imine (C=N–C) groups is 1. The number of carbonyl (C=O) groups is 2. The molecular weight excluding hydrogens is 392 g/mol. The largest absolute Gasteiger partial charge is 0.341 e. The number of hydrogen-bond acceptors (Lipinski definition) is 4. The van der Waals surface area contributed by atoms with Gasteiger partial charge in [0, 0.05) is 26.2 Å². The monoisotopic (exact) mass is 412 g/mol. The quantitative estimate of drug-likeness (QED) is 0.777. The van der Waals surface area contributed by atoms with Crippen molar-refractivity contribution in [1.82, 2.24) is 19.6 Å². The Morgan fingerprint density at radius 3 is 2.69 bits per heavy atom. The number of para-hydroxylation sites is 1. The maximum atomic E-state index is 13.4. The Hall–Kier alpha value is -2.87. The minimum absolute atomic E-state index is 0.0221. The molecule has 8 nitrogen and oxygen atoms in total. The highest BCUT2D eigenvalue weighted by atomic mass is 35.5. The Balaban J connectivity index is 1.62. The van der Waals surface area contributed by atoms with Crippen LogP contribution >= 0.6 is 11.6 Å². The van der Waals surface area contributed by atoms with Crippen LogP contribution in [-0.4, -0.2) is 70.1 Å². The molecule has 0 radical (unpaired) electrons. The molecule has 0 bridgehead atoms. The number of rotatable bonds is 3. The van der Waals surface area contributed by atoms with Crippen LogP contribution in [0.3, 0.4) is 0 Å². The number of urea groups is 1. The summed E-state index contributed by atoms with van der Waals surface area (Å²) in [5.74, 6) is 1.12. The van der Waals surface area contributed by atoms with Crippen LogP contribution in [0.25, 0.3) is 5.69 Å². The molecule has 9 heteroatoms. The van der Waals surface area contributed by atoms with Gasteiger partial charge in [-0.1, -0.05) is 23.7 Å². The fourth-order valence-electron chi connectivity index (χ4n) is 4.16. The van der Waals surface area contributed by atoms with E-state index in [4.69, 9.17) is 11.6 Å². The molecule has 3 aliphatic rings. The van der Waals surface area contributed by atoms with Crippen molar-refractivity contribution in [3.8, 4) is 5.69 Å². The number of benzene rings is 1. The van der Waals surface area contributed by atoms with E-state index in [0.717, 1.165) is 37.9 Å². The van der Waals surface area contributed by atoms with E-state index in [1.165, 1.54) is 4.90 Å². The Morgan fingerprint density at radius 1 is 1.10 bits per heavy atom. The van der Waals surface area contributed by atoms with Crippen molar-refractivity contribution in [2.75, 3.05) is 37.6 Å². The number of aromatic nitrogens is 2. The van der Waals surface area contributed by atoms with Gasteiger partial charge < -0.3 is 4.90 Å². The van der Waals surface area contributed by atoms with Crippen molar-refractivity contribution in [1.29, 1.82) is 0 Å². The van der Waals surface area contributed by atoms with E-state index in [1.807, 2.05) is 23.1 Å². The van der Waals surface area contributed by atoms with Gasteiger partial charge in [-0.05, 0) is 31.4 Å². The summed E-state index contributed by atoms with van der Waals surface area (Å²) in [5.41, 5.74) is 1.41. The molecule has 5 rings (SSSR count). The van der Waals surface area contributed by atoms with Gasteiger partial charge in [-0.3, -0.25) is 19.6 Å². The molecule has 1 fully saturated rings. The first-order valence-electron chi connectivity index (χ1n) is 9.90. The maximum Gasteiger partial charge on any atom is 0.331 e. The van der Waals surface area contributed by atoms with Crippen LogP contribution in [0.1, 0.15) is 24.8 Å². The summed E-state index contributed by atoms with van der Waals surface area (Å²) >= 11 is 6.41. The number of anilines is 1. The predicted octanol–water partition coefficient (Wildman–Crippen LogP) is 2.54. The molecule has 1 saturated heterocycles. The molecule has 3 aliphatic heterocycles. The van der Waals surface area contributed by atoms with Gasteiger partial charge >= 0.3 is 6.03 Å². The zero-order valence-corrected chi connectivity index (χ0v) is 16.7. The summed E-state index contributed by atoms with van der Waals surface area (Å²) in [6, 6.07) is 7.09. The highest BCUT2D eigenvalue weighted by molar-refractivity contribution is 6.32. The third-order valence-corrected chi connectivity index (χ3v) is 5.91. The van der Waals surface area contributed by atoms with Crippen LogP contribution in [0.5, 0.6) is 0 Å². The van der Waals surface area contributed by atoms with Crippen LogP contribution in [0, 0.1) is 0 Å². The van der Waals surface area contributed by atoms with E-state index in [-0.39, 0.29) is 18.5 Å². The SMILES string of the molecule is O=C(CN1C(=O)N2CCCN=C2c2cnn(-c3ccccc3Cl)c21)N1CCCC1. The van der Waals surface area contributed by atoms with Crippen molar-refractivity contribution in [2.45, 2.75) is 19.3 Å². The lowest BCUT2D eigenvalue weighted by atomic mass is 10.1. The molecule has 4 heterocycles. The molecule has 1 aromatic carbocycles. The Labute approximate surface area is 173 Å². The zero-order chi connectivity index (χ0) is 20.0. The van der Waals surface area contributed by atoms with Gasteiger partial charge in [0.2, 0.25) is 5.91 Å². The van der Waals surface area contributed by atoms with Crippen molar-refractivity contribution < 1.29 is 9.59 Å². The average Bonchev–Trinajstić information content (AvgIpc) is 3.42. The Morgan fingerprint density at radius 2 is 1.90 bits per heavy atom. The van der Waals surface area contributed by atoms with Crippen LogP contribution < -0.4 is 4.90 Å². The number of fused-ring (bicyclic) bond motifs is 3. The molecule has 29 heavy (non-hydrogen) atoms. The Kier molecular flexibility index (Phi) is 4.50. The van der Waals surface area contributed by atoms with Crippen molar-refractivity contribution >= 4 is 35.2 Å². The number of amides is 3. The lowest BCUT2D eigenvalue weighted by Gasteiger charge is -2.38. The van der Waals surface area contributed by atoms with E-state index in [9.17, 15) is 9.59 Å². The second kappa shape index (κ2) is 7.18. The fraction of sp³-hybridized carbons (Fsp3) is 0.400. The molecule has 150 valence electrons. The van der Waals surface area contributed by atoms with Crippen molar-refractivity contribution in [2.24, 2.45) is 4.99 Å². The number of carbonyl (C=O) groups excluding carboxylic acids is 2. The summed E-state index contributed by atoms with van der Waals surface area (Å²) in [7, 11) is 0. The van der Waals surface area contributed by atoms with Crippen LogP contribution in [0.15, 0.2) is 35.5 Å². The third-order valence-electron chi connectivity index (χ3n) is 5.59. The smallest absolute Gasteiger partial charge is 0.331 e. The molecular formula is C20H21ClN6O2. The molecule has 0 atom stereocenters. The van der Waals surface area contributed by atoms with E-state index in [0.29, 0.717) is 35.5 Å². The molecule has 0 unspecified atom stereocenters. The second-order valence-corrected chi connectivity index (χ2v) is 7.82. The van der Waals surface area contributed by atoms with Gasteiger partial charge in [-0.25, -0.2) is 9.48 Å². The molecule has 2 aromatic rings. The van der Waals surface area contributed by atoms with Crippen LogP contribution in [-0.2, 0) is 4.79 Å². The number of nitrogens with zero attached hydrogens (tertiary/aromatic N) is 6. The van der Waals surface area contributed by atoms with Crippen LogP contribution in [0.4, 0.5) is 10.6 Å². The van der Waals surface area contributed by atoms with Crippen molar-refractivity contribution in [3.63, 3.8) is 0 Å². The van der Waals surface area contributed by atoms with Gasteiger partial charge in [0.25, 0.3) is 0 Å². The predicted molar refractivity (Wildman–Crippen MR) is 110 cm³/mol. The summed E-state index contributed by atoms with van der Waals surface area (Å²) in [5, 5.41) is 5.03. The first-order chi connectivity index (χ1) is 14.1. The summed E-state index contributed by atoms with van der Waals surface area (Å²) in [4.78, 5) is 35.8.